The van der Waals surface area contributed by atoms with Crippen LogP contribution in [0.15, 0.2) is 47.8 Å². The molecule has 0 saturated carbocycles. The maximum absolute atomic E-state index is 12.5. The van der Waals surface area contributed by atoms with Gasteiger partial charge in [-0.3, -0.25) is 4.79 Å². The lowest BCUT2D eigenvalue weighted by Crippen LogP contribution is -2.34. The molecule has 0 saturated heterocycles. The molecule has 128 valence electrons. The van der Waals surface area contributed by atoms with Crippen molar-refractivity contribution < 1.29 is 14.3 Å². The molecule has 0 atom stereocenters. The third-order valence-corrected chi connectivity index (χ3v) is 4.39. The highest BCUT2D eigenvalue weighted by atomic mass is 32.1. The number of nitrogens with one attached hydrogen (secondary N) is 1. The van der Waals surface area contributed by atoms with Gasteiger partial charge in [0.1, 0.15) is 0 Å². The number of benzene rings is 1. The van der Waals surface area contributed by atoms with Crippen molar-refractivity contribution >= 4 is 34.1 Å². The second kappa shape index (κ2) is 7.44. The normalized spacial score (nSPS) is 10.8. The number of rotatable bonds is 5. The van der Waals surface area contributed by atoms with Crippen molar-refractivity contribution in [1.82, 2.24) is 10.3 Å². The summed E-state index contributed by atoms with van der Waals surface area (Å²) >= 11 is 1.55. The Morgan fingerprint density at radius 2 is 2.00 bits per heavy atom. The first kappa shape index (κ1) is 17.1. The van der Waals surface area contributed by atoms with Gasteiger partial charge in [-0.15, -0.1) is 11.3 Å². The molecule has 1 N–H and O–H groups in total. The highest BCUT2D eigenvalue weighted by Gasteiger charge is 2.17. The second-order valence-electron chi connectivity index (χ2n) is 5.85. The van der Waals surface area contributed by atoms with Crippen molar-refractivity contribution in [2.75, 3.05) is 6.61 Å². The van der Waals surface area contributed by atoms with Gasteiger partial charge in [0.05, 0.1) is 21.7 Å². The van der Waals surface area contributed by atoms with Crippen LogP contribution < -0.4 is 5.32 Å². The number of nitrogens with zero attached hydrogens (tertiary/aromatic N) is 1. The molecular formula is C19H18N2O3S. The standard InChI is InChI=1S/C19H18N2O3S/c1-12(2)20-18(22)11-24-19(23)14-10-16(17-8-5-9-25-17)21-15-7-4-3-6-13(14)15/h3-10,12H,11H2,1-2H3,(H,20,22). The molecule has 0 fully saturated rings. The van der Waals surface area contributed by atoms with Gasteiger partial charge in [0.2, 0.25) is 0 Å². The number of carbonyl (C=O) groups is 2. The molecule has 0 radical (unpaired) electrons. The molecule has 5 nitrogen and oxygen atoms in total. The molecule has 0 aliphatic rings. The molecule has 6 heteroatoms. The zero-order valence-electron chi connectivity index (χ0n) is 14.0. The summed E-state index contributed by atoms with van der Waals surface area (Å²) in [6.45, 7) is 3.40. The monoisotopic (exact) mass is 354 g/mol. The highest BCUT2D eigenvalue weighted by Crippen LogP contribution is 2.28. The van der Waals surface area contributed by atoms with Crippen LogP contribution in [-0.2, 0) is 9.53 Å². The first-order chi connectivity index (χ1) is 12.0. The van der Waals surface area contributed by atoms with Gasteiger partial charge in [0.25, 0.3) is 5.91 Å². The van der Waals surface area contributed by atoms with Crippen LogP contribution in [0.1, 0.15) is 24.2 Å². The number of thiophene rings is 1. The van der Waals surface area contributed by atoms with E-state index in [2.05, 4.69) is 10.3 Å². The van der Waals surface area contributed by atoms with Crippen LogP contribution in [0.4, 0.5) is 0 Å². The van der Waals surface area contributed by atoms with E-state index in [1.807, 2.05) is 55.6 Å². The summed E-state index contributed by atoms with van der Waals surface area (Å²) in [6, 6.07) is 13.0. The third kappa shape index (κ3) is 4.03. The minimum atomic E-state index is -0.532. The number of hydrogen-bond donors (Lipinski definition) is 1. The Morgan fingerprint density at radius 3 is 2.72 bits per heavy atom. The number of aromatic nitrogens is 1. The molecular weight excluding hydrogens is 336 g/mol. The summed E-state index contributed by atoms with van der Waals surface area (Å²) in [6.07, 6.45) is 0. The lowest BCUT2D eigenvalue weighted by atomic mass is 10.1. The van der Waals surface area contributed by atoms with Gasteiger partial charge in [-0.1, -0.05) is 24.3 Å². The lowest BCUT2D eigenvalue weighted by molar-refractivity contribution is -0.124. The molecule has 0 aliphatic carbocycles. The molecule has 2 aromatic heterocycles. The van der Waals surface area contributed by atoms with Crippen LogP contribution in [0.25, 0.3) is 21.5 Å². The number of pyridine rings is 1. The quantitative estimate of drug-likeness (QED) is 0.710. The van der Waals surface area contributed by atoms with Crippen LogP contribution in [0.5, 0.6) is 0 Å². The molecule has 3 aromatic rings. The predicted octanol–water partition coefficient (Wildman–Crippen LogP) is 3.64. The fraction of sp³-hybridized carbons (Fsp3) is 0.211. The van der Waals surface area contributed by atoms with E-state index in [1.54, 1.807) is 17.4 Å². The van der Waals surface area contributed by atoms with E-state index in [1.165, 1.54) is 0 Å². The topological polar surface area (TPSA) is 68.3 Å². The number of carbonyl (C=O) groups excluding carboxylic acids is 2. The van der Waals surface area contributed by atoms with Gasteiger partial charge in [0.15, 0.2) is 6.61 Å². The fourth-order valence-electron chi connectivity index (χ4n) is 2.47. The average Bonchev–Trinajstić information content (AvgIpc) is 3.12. The lowest BCUT2D eigenvalue weighted by Gasteiger charge is -2.11. The van der Waals surface area contributed by atoms with Crippen molar-refractivity contribution in [3.05, 3.63) is 53.4 Å². The first-order valence-corrected chi connectivity index (χ1v) is 8.82. The SMILES string of the molecule is CC(C)NC(=O)COC(=O)c1cc(-c2cccs2)nc2ccccc12. The van der Waals surface area contributed by atoms with E-state index in [-0.39, 0.29) is 18.6 Å². The Kier molecular flexibility index (Phi) is 5.09. The van der Waals surface area contributed by atoms with E-state index in [9.17, 15) is 9.59 Å². The van der Waals surface area contributed by atoms with Gasteiger partial charge >= 0.3 is 5.97 Å². The van der Waals surface area contributed by atoms with E-state index in [4.69, 9.17) is 4.74 Å². The number of amides is 1. The minimum Gasteiger partial charge on any atom is -0.452 e. The van der Waals surface area contributed by atoms with E-state index >= 15 is 0 Å². The number of fused-ring (bicyclic) bond motifs is 1. The number of ether oxygens (including phenoxy) is 1. The van der Waals surface area contributed by atoms with Crippen LogP contribution >= 0.6 is 11.3 Å². The van der Waals surface area contributed by atoms with Crippen LogP contribution in [0, 0.1) is 0 Å². The molecule has 0 unspecified atom stereocenters. The summed E-state index contributed by atoms with van der Waals surface area (Å²) in [5, 5.41) is 5.36. The maximum Gasteiger partial charge on any atom is 0.339 e. The van der Waals surface area contributed by atoms with Gasteiger partial charge < -0.3 is 10.1 Å². The van der Waals surface area contributed by atoms with Crippen molar-refractivity contribution in [2.45, 2.75) is 19.9 Å². The zero-order chi connectivity index (χ0) is 17.8. The fourth-order valence-corrected chi connectivity index (χ4v) is 3.15. The molecule has 25 heavy (non-hydrogen) atoms. The Morgan fingerprint density at radius 1 is 1.20 bits per heavy atom. The second-order valence-corrected chi connectivity index (χ2v) is 6.80. The predicted molar refractivity (Wildman–Crippen MR) is 98.6 cm³/mol. The van der Waals surface area contributed by atoms with Gasteiger partial charge in [-0.25, -0.2) is 9.78 Å². The maximum atomic E-state index is 12.5. The summed E-state index contributed by atoms with van der Waals surface area (Å²) in [5.41, 5.74) is 1.84. The molecule has 1 amide bonds. The molecule has 0 spiro atoms. The molecule has 0 bridgehead atoms. The number of hydrogen-bond acceptors (Lipinski definition) is 5. The largest absolute Gasteiger partial charge is 0.452 e. The summed E-state index contributed by atoms with van der Waals surface area (Å²) < 4.78 is 5.20. The van der Waals surface area contributed by atoms with Crippen LogP contribution in [0.2, 0.25) is 0 Å². The van der Waals surface area contributed by atoms with E-state index < -0.39 is 5.97 Å². The molecule has 2 heterocycles. The molecule has 0 aliphatic heterocycles. The van der Waals surface area contributed by atoms with Gasteiger partial charge in [-0.2, -0.15) is 0 Å². The van der Waals surface area contributed by atoms with Gasteiger partial charge in [-0.05, 0) is 37.4 Å². The minimum absolute atomic E-state index is 0.00149. The van der Waals surface area contributed by atoms with Gasteiger partial charge in [0, 0.05) is 11.4 Å². The van der Waals surface area contributed by atoms with Crippen LogP contribution in [-0.4, -0.2) is 29.5 Å². The van der Waals surface area contributed by atoms with Crippen molar-refractivity contribution in [1.29, 1.82) is 0 Å². The summed E-state index contributed by atoms with van der Waals surface area (Å²) in [4.78, 5) is 29.8. The van der Waals surface area contributed by atoms with Crippen molar-refractivity contribution in [3.8, 4) is 10.6 Å². The highest BCUT2D eigenvalue weighted by molar-refractivity contribution is 7.13. The zero-order valence-corrected chi connectivity index (χ0v) is 14.8. The Balaban J connectivity index is 1.91. The van der Waals surface area contributed by atoms with E-state index in [0.29, 0.717) is 22.2 Å². The average molecular weight is 354 g/mol. The Bertz CT molecular complexity index is 904. The molecule has 1 aromatic carbocycles. The summed E-state index contributed by atoms with van der Waals surface area (Å²) in [7, 11) is 0. The number of esters is 1. The third-order valence-electron chi connectivity index (χ3n) is 3.49. The molecule has 3 rings (SSSR count). The Labute approximate surface area is 149 Å². The van der Waals surface area contributed by atoms with E-state index in [0.717, 1.165) is 4.88 Å². The van der Waals surface area contributed by atoms with Crippen LogP contribution in [0.3, 0.4) is 0 Å². The van der Waals surface area contributed by atoms with Crippen molar-refractivity contribution in [2.24, 2.45) is 0 Å². The Hall–Kier alpha value is -2.73. The number of para-hydroxylation sites is 1. The summed E-state index contributed by atoms with van der Waals surface area (Å²) in [5.74, 6) is -0.851. The smallest absolute Gasteiger partial charge is 0.339 e. The van der Waals surface area contributed by atoms with Crippen molar-refractivity contribution in [3.63, 3.8) is 0 Å². The first-order valence-electron chi connectivity index (χ1n) is 7.95.